The molecule has 0 N–H and O–H groups in total. The number of halogens is 2. The van der Waals surface area contributed by atoms with Gasteiger partial charge >= 0.3 is 0 Å². The van der Waals surface area contributed by atoms with E-state index in [1.165, 1.54) is 0 Å². The Balaban J connectivity index is 1.76. The summed E-state index contributed by atoms with van der Waals surface area (Å²) in [6.45, 7) is 2.84. The van der Waals surface area contributed by atoms with Crippen LogP contribution >= 0.6 is 23.2 Å². The first-order chi connectivity index (χ1) is 12.2. The van der Waals surface area contributed by atoms with Gasteiger partial charge in [0.1, 0.15) is 0 Å². The van der Waals surface area contributed by atoms with E-state index >= 15 is 0 Å². The van der Waals surface area contributed by atoms with E-state index in [-0.39, 0.29) is 6.10 Å². The highest BCUT2D eigenvalue weighted by Crippen LogP contribution is 2.33. The van der Waals surface area contributed by atoms with Crippen molar-refractivity contribution >= 4 is 35.3 Å². The third kappa shape index (κ3) is 4.63. The molecule has 7 heteroatoms. The second-order valence-corrected chi connectivity index (χ2v) is 6.73. The molecule has 1 aliphatic heterocycles. The molecule has 0 saturated carbocycles. The summed E-state index contributed by atoms with van der Waals surface area (Å²) in [5.74, 6) is 0. The van der Waals surface area contributed by atoms with Crippen LogP contribution in [0.15, 0.2) is 42.7 Å². The minimum absolute atomic E-state index is 0.145. The van der Waals surface area contributed by atoms with Gasteiger partial charge in [0.2, 0.25) is 6.41 Å². The lowest BCUT2D eigenvalue weighted by atomic mass is 10.2. The zero-order chi connectivity index (χ0) is 17.6. The molecule has 1 unspecified atom stereocenters. The molecule has 2 heterocycles. The van der Waals surface area contributed by atoms with Gasteiger partial charge in [-0.1, -0.05) is 53.5 Å². The van der Waals surface area contributed by atoms with Crippen LogP contribution in [0.1, 0.15) is 5.56 Å². The number of benzene rings is 1. The molecule has 1 aliphatic rings. The molecular weight excluding hydrogens is 361 g/mol. The smallest absolute Gasteiger partial charge is 0.209 e. The summed E-state index contributed by atoms with van der Waals surface area (Å²) in [5.41, 5.74) is 1.83. The van der Waals surface area contributed by atoms with Gasteiger partial charge in [-0.15, -0.1) is 0 Å². The van der Waals surface area contributed by atoms with Gasteiger partial charge < -0.3 is 14.5 Å². The molecule has 5 nitrogen and oxygen atoms in total. The number of rotatable bonds is 5. The lowest BCUT2D eigenvalue weighted by Gasteiger charge is -2.27. The number of carbonyl (C=O) groups excluding carboxylic acids is 1. The number of anilines is 1. The second kappa shape index (κ2) is 8.52. The average Bonchev–Trinajstić information content (AvgIpc) is 2.83. The molecule has 1 aromatic heterocycles. The predicted octanol–water partition coefficient (Wildman–Crippen LogP) is 3.25. The Bertz CT molecular complexity index is 694. The second-order valence-electron chi connectivity index (χ2n) is 5.92. The van der Waals surface area contributed by atoms with Gasteiger partial charge in [0, 0.05) is 38.6 Å². The summed E-state index contributed by atoms with van der Waals surface area (Å²) in [6.07, 6.45) is 3.86. The largest absolute Gasteiger partial charge is 0.370 e. The third-order valence-electron chi connectivity index (χ3n) is 4.14. The fourth-order valence-corrected chi connectivity index (χ4v) is 3.50. The van der Waals surface area contributed by atoms with E-state index < -0.39 is 0 Å². The number of hydrogen-bond acceptors (Lipinski definition) is 4. The fraction of sp³-hybridized carbons (Fsp3) is 0.333. The van der Waals surface area contributed by atoms with Gasteiger partial charge in [0.05, 0.1) is 28.4 Å². The molecule has 0 radical (unpaired) electrons. The highest BCUT2D eigenvalue weighted by molar-refractivity contribution is 6.38. The van der Waals surface area contributed by atoms with Crippen molar-refractivity contribution in [3.8, 4) is 0 Å². The number of amides is 1. The normalized spacial score (nSPS) is 18.1. The van der Waals surface area contributed by atoms with Crippen molar-refractivity contribution < 1.29 is 9.53 Å². The van der Waals surface area contributed by atoms with E-state index in [0.29, 0.717) is 42.8 Å². The maximum absolute atomic E-state index is 11.3. The third-order valence-corrected chi connectivity index (χ3v) is 4.69. The molecule has 1 amide bonds. The maximum atomic E-state index is 11.3. The standard InChI is InChI=1S/C18H19Cl2N3O2/c19-16-8-21-9-17(20)18(16)23-7-6-22(13-24)10-15(11-23)25-12-14-4-2-1-3-5-14/h1-5,8-9,13,15H,6-7,10-12H2. The highest BCUT2D eigenvalue weighted by Gasteiger charge is 2.25. The molecule has 1 saturated heterocycles. The lowest BCUT2D eigenvalue weighted by molar-refractivity contribution is -0.119. The number of ether oxygens (including phenoxy) is 1. The van der Waals surface area contributed by atoms with Crippen LogP contribution in [0.5, 0.6) is 0 Å². The summed E-state index contributed by atoms with van der Waals surface area (Å²) >= 11 is 12.6. The first-order valence-corrected chi connectivity index (χ1v) is 8.82. The average molecular weight is 380 g/mol. The minimum Gasteiger partial charge on any atom is -0.370 e. The number of carbonyl (C=O) groups is 1. The van der Waals surface area contributed by atoms with Crippen LogP contribution in [0.4, 0.5) is 5.69 Å². The number of pyridine rings is 1. The quantitative estimate of drug-likeness (QED) is 0.748. The van der Waals surface area contributed by atoms with Gasteiger partial charge in [0.15, 0.2) is 0 Å². The van der Waals surface area contributed by atoms with Crippen LogP contribution < -0.4 is 4.90 Å². The Hall–Kier alpha value is -1.82. The van der Waals surface area contributed by atoms with Crippen molar-refractivity contribution in [1.29, 1.82) is 0 Å². The molecule has 1 fully saturated rings. The van der Waals surface area contributed by atoms with E-state index in [1.807, 2.05) is 30.3 Å². The topological polar surface area (TPSA) is 45.7 Å². The Morgan fingerprint density at radius 1 is 1.12 bits per heavy atom. The van der Waals surface area contributed by atoms with Crippen LogP contribution in [0, 0.1) is 0 Å². The van der Waals surface area contributed by atoms with Crippen LogP contribution in [0.25, 0.3) is 0 Å². The lowest BCUT2D eigenvalue weighted by Crippen LogP contribution is -2.35. The van der Waals surface area contributed by atoms with Crippen molar-refractivity contribution in [3.05, 3.63) is 58.3 Å². The summed E-state index contributed by atoms with van der Waals surface area (Å²) in [7, 11) is 0. The highest BCUT2D eigenvalue weighted by atomic mass is 35.5. The molecule has 3 rings (SSSR count). The monoisotopic (exact) mass is 379 g/mol. The number of hydrogen-bond donors (Lipinski definition) is 0. The molecule has 1 atom stereocenters. The first-order valence-electron chi connectivity index (χ1n) is 8.06. The summed E-state index contributed by atoms with van der Waals surface area (Å²) in [4.78, 5) is 19.1. The molecule has 0 bridgehead atoms. The van der Waals surface area contributed by atoms with Crippen LogP contribution in [0.3, 0.4) is 0 Å². The van der Waals surface area contributed by atoms with Gasteiger partial charge in [-0.2, -0.15) is 0 Å². The Labute approximate surface area is 157 Å². The molecule has 25 heavy (non-hydrogen) atoms. The van der Waals surface area contributed by atoms with Crippen molar-refractivity contribution in [2.45, 2.75) is 12.7 Å². The molecule has 0 spiro atoms. The van der Waals surface area contributed by atoms with E-state index in [0.717, 1.165) is 17.7 Å². The summed E-state index contributed by atoms with van der Waals surface area (Å²) in [5, 5.41) is 0.989. The van der Waals surface area contributed by atoms with Gasteiger partial charge in [-0.25, -0.2) is 0 Å². The number of aromatic nitrogens is 1. The van der Waals surface area contributed by atoms with E-state index in [4.69, 9.17) is 27.9 Å². The fourth-order valence-electron chi connectivity index (χ4n) is 2.90. The molecule has 1 aromatic carbocycles. The van der Waals surface area contributed by atoms with Crippen LogP contribution in [-0.2, 0) is 16.1 Å². The molecule has 2 aromatic rings. The summed E-state index contributed by atoms with van der Waals surface area (Å²) < 4.78 is 6.07. The van der Waals surface area contributed by atoms with Crippen molar-refractivity contribution in [1.82, 2.24) is 9.88 Å². The Morgan fingerprint density at radius 3 is 2.52 bits per heavy atom. The zero-order valence-corrected chi connectivity index (χ0v) is 15.2. The minimum atomic E-state index is -0.145. The van der Waals surface area contributed by atoms with E-state index in [1.54, 1.807) is 17.3 Å². The van der Waals surface area contributed by atoms with Crippen molar-refractivity contribution in [2.75, 3.05) is 31.1 Å². The first kappa shape index (κ1) is 18.0. The van der Waals surface area contributed by atoms with Gasteiger partial charge in [0.25, 0.3) is 0 Å². The zero-order valence-electron chi connectivity index (χ0n) is 13.6. The molecule has 0 aliphatic carbocycles. The SMILES string of the molecule is O=CN1CCN(c2c(Cl)cncc2Cl)CC(OCc2ccccc2)C1. The van der Waals surface area contributed by atoms with E-state index in [2.05, 4.69) is 9.88 Å². The Morgan fingerprint density at radius 2 is 1.84 bits per heavy atom. The van der Waals surface area contributed by atoms with Crippen molar-refractivity contribution in [3.63, 3.8) is 0 Å². The van der Waals surface area contributed by atoms with Crippen molar-refractivity contribution in [2.24, 2.45) is 0 Å². The van der Waals surface area contributed by atoms with Gasteiger partial charge in [-0.05, 0) is 5.56 Å². The predicted molar refractivity (Wildman–Crippen MR) is 99.1 cm³/mol. The van der Waals surface area contributed by atoms with Gasteiger partial charge in [-0.3, -0.25) is 9.78 Å². The van der Waals surface area contributed by atoms with Crippen LogP contribution in [0.2, 0.25) is 10.0 Å². The number of nitrogens with zero attached hydrogens (tertiary/aromatic N) is 3. The molecule has 132 valence electrons. The van der Waals surface area contributed by atoms with Crippen LogP contribution in [-0.4, -0.2) is 48.6 Å². The van der Waals surface area contributed by atoms with E-state index in [9.17, 15) is 4.79 Å². The Kier molecular flexibility index (Phi) is 6.13. The molecular formula is C18H19Cl2N3O2. The maximum Gasteiger partial charge on any atom is 0.209 e. The summed E-state index contributed by atoms with van der Waals surface area (Å²) in [6, 6.07) is 9.96.